The third kappa shape index (κ3) is 4.96. The first-order valence-corrected chi connectivity index (χ1v) is 4.37. The Morgan fingerprint density at radius 1 is 1.00 bits per heavy atom. The summed E-state index contributed by atoms with van der Waals surface area (Å²) in [5.74, 6) is -2.54. The molecule has 0 saturated heterocycles. The maximum absolute atomic E-state index is 10.8. The van der Waals surface area contributed by atoms with Gasteiger partial charge in [-0.25, -0.2) is 0 Å². The molecular weight excluding hydrogens is 202 g/mol. The number of hydrogen-bond donors (Lipinski definition) is 4. The summed E-state index contributed by atoms with van der Waals surface area (Å²) in [6.07, 6.45) is -0.487. The molecule has 0 radical (unpaired) electrons. The van der Waals surface area contributed by atoms with E-state index in [1.54, 1.807) is 0 Å². The standard InChI is InChI=1S/C8H15N3O4/c9-5(12)1-3-8(11,7(14)15)4-2-6(10)13/h1-4,11H2,(H2,9,12)(H2,10,13)(H,14,15). The van der Waals surface area contributed by atoms with Crippen molar-refractivity contribution in [3.63, 3.8) is 0 Å². The second-order valence-corrected chi connectivity index (χ2v) is 3.39. The van der Waals surface area contributed by atoms with E-state index < -0.39 is 23.3 Å². The van der Waals surface area contributed by atoms with Gasteiger partial charge in [0.15, 0.2) is 0 Å². The van der Waals surface area contributed by atoms with Gasteiger partial charge in [-0.15, -0.1) is 0 Å². The first-order valence-electron chi connectivity index (χ1n) is 4.37. The summed E-state index contributed by atoms with van der Waals surface area (Å²) in [4.78, 5) is 31.8. The van der Waals surface area contributed by atoms with Gasteiger partial charge in [0.05, 0.1) is 0 Å². The molecular formula is C8H15N3O4. The second kappa shape index (κ2) is 5.30. The Kier molecular flexibility index (Phi) is 4.72. The number of carbonyl (C=O) groups excluding carboxylic acids is 2. The fourth-order valence-corrected chi connectivity index (χ4v) is 1.03. The zero-order valence-electron chi connectivity index (χ0n) is 8.23. The lowest BCUT2D eigenvalue weighted by Crippen LogP contribution is -2.49. The van der Waals surface area contributed by atoms with Crippen LogP contribution in [-0.4, -0.2) is 28.4 Å². The molecule has 0 unspecified atom stereocenters. The molecule has 15 heavy (non-hydrogen) atoms. The van der Waals surface area contributed by atoms with Gasteiger partial charge in [0.1, 0.15) is 5.54 Å². The molecule has 0 spiro atoms. The minimum atomic E-state index is -1.62. The van der Waals surface area contributed by atoms with Crippen LogP contribution in [0.3, 0.4) is 0 Å². The number of aliphatic carboxylic acids is 1. The van der Waals surface area contributed by atoms with Gasteiger partial charge in [0.2, 0.25) is 11.8 Å². The van der Waals surface area contributed by atoms with Crippen molar-refractivity contribution in [1.29, 1.82) is 0 Å². The Labute approximate surface area is 86.6 Å². The molecule has 2 amide bonds. The number of nitrogens with two attached hydrogens (primary N) is 3. The molecule has 7 N–H and O–H groups in total. The maximum atomic E-state index is 10.8. The van der Waals surface area contributed by atoms with Crippen molar-refractivity contribution < 1.29 is 19.5 Å². The number of primary amides is 2. The first kappa shape index (κ1) is 13.4. The molecule has 0 atom stereocenters. The van der Waals surface area contributed by atoms with Crippen LogP contribution >= 0.6 is 0 Å². The van der Waals surface area contributed by atoms with Gasteiger partial charge in [0, 0.05) is 12.8 Å². The SMILES string of the molecule is NC(=O)CCC(N)(CCC(N)=O)C(=O)O. The molecule has 0 rings (SSSR count). The Morgan fingerprint density at radius 3 is 1.53 bits per heavy atom. The van der Waals surface area contributed by atoms with Crippen LogP contribution in [0, 0.1) is 0 Å². The van der Waals surface area contributed by atoms with Crippen LogP contribution < -0.4 is 17.2 Å². The third-order valence-corrected chi connectivity index (χ3v) is 2.06. The lowest BCUT2D eigenvalue weighted by Gasteiger charge is -2.23. The van der Waals surface area contributed by atoms with Gasteiger partial charge in [-0.3, -0.25) is 14.4 Å². The fourth-order valence-electron chi connectivity index (χ4n) is 1.03. The van der Waals surface area contributed by atoms with Crippen molar-refractivity contribution >= 4 is 17.8 Å². The number of carbonyl (C=O) groups is 3. The summed E-state index contributed by atoms with van der Waals surface area (Å²) in [6, 6.07) is 0. The van der Waals surface area contributed by atoms with Gasteiger partial charge < -0.3 is 22.3 Å². The van der Waals surface area contributed by atoms with E-state index in [-0.39, 0.29) is 25.7 Å². The highest BCUT2D eigenvalue weighted by Gasteiger charge is 2.34. The number of hydrogen-bond acceptors (Lipinski definition) is 4. The lowest BCUT2D eigenvalue weighted by molar-refractivity contribution is -0.144. The average molecular weight is 217 g/mol. The van der Waals surface area contributed by atoms with Crippen LogP contribution in [0.25, 0.3) is 0 Å². The zero-order chi connectivity index (χ0) is 12.1. The minimum absolute atomic E-state index is 0.106. The maximum Gasteiger partial charge on any atom is 0.323 e. The Hall–Kier alpha value is -1.63. The Balaban J connectivity index is 4.38. The number of amides is 2. The topological polar surface area (TPSA) is 149 Å². The highest BCUT2D eigenvalue weighted by molar-refractivity contribution is 5.82. The molecule has 0 saturated carbocycles. The van der Waals surface area contributed by atoms with E-state index in [1.807, 2.05) is 0 Å². The van der Waals surface area contributed by atoms with E-state index >= 15 is 0 Å². The zero-order valence-corrected chi connectivity index (χ0v) is 8.23. The Bertz CT molecular complexity index is 259. The molecule has 0 heterocycles. The number of carboxylic acid groups (broad SMARTS) is 1. The molecule has 0 fully saturated rings. The van der Waals surface area contributed by atoms with Crippen molar-refractivity contribution in [2.45, 2.75) is 31.2 Å². The molecule has 0 aromatic rings. The van der Waals surface area contributed by atoms with E-state index in [2.05, 4.69) is 0 Å². The quantitative estimate of drug-likeness (QED) is 0.401. The van der Waals surface area contributed by atoms with Crippen molar-refractivity contribution in [2.24, 2.45) is 17.2 Å². The van der Waals surface area contributed by atoms with Gasteiger partial charge in [0.25, 0.3) is 0 Å². The van der Waals surface area contributed by atoms with Gasteiger partial charge in [-0.05, 0) is 12.8 Å². The van der Waals surface area contributed by atoms with Gasteiger partial charge in [-0.1, -0.05) is 0 Å². The first-order chi connectivity index (χ1) is 6.78. The van der Waals surface area contributed by atoms with Gasteiger partial charge >= 0.3 is 5.97 Å². The summed E-state index contributed by atoms with van der Waals surface area (Å²) in [6.45, 7) is 0. The van der Waals surface area contributed by atoms with Crippen LogP contribution in [0.4, 0.5) is 0 Å². The molecule has 0 aliphatic rings. The largest absolute Gasteiger partial charge is 0.480 e. The summed E-state index contributed by atoms with van der Waals surface area (Å²) < 4.78 is 0. The highest BCUT2D eigenvalue weighted by atomic mass is 16.4. The van der Waals surface area contributed by atoms with Crippen molar-refractivity contribution in [3.05, 3.63) is 0 Å². The second-order valence-electron chi connectivity index (χ2n) is 3.39. The predicted octanol–water partition coefficient (Wildman–Crippen LogP) is -1.70. The van der Waals surface area contributed by atoms with Crippen LogP contribution in [0.5, 0.6) is 0 Å². The van der Waals surface area contributed by atoms with Crippen LogP contribution in [-0.2, 0) is 14.4 Å². The highest BCUT2D eigenvalue weighted by Crippen LogP contribution is 2.16. The van der Waals surface area contributed by atoms with Crippen LogP contribution in [0.2, 0.25) is 0 Å². The minimum Gasteiger partial charge on any atom is -0.480 e. The molecule has 0 bridgehead atoms. The summed E-state index contributed by atoms with van der Waals surface area (Å²) >= 11 is 0. The average Bonchev–Trinajstić information content (AvgIpc) is 2.11. The van der Waals surface area contributed by atoms with Crippen molar-refractivity contribution in [3.8, 4) is 0 Å². The van der Waals surface area contributed by atoms with Gasteiger partial charge in [-0.2, -0.15) is 0 Å². The molecule has 0 aliphatic heterocycles. The van der Waals surface area contributed by atoms with Crippen LogP contribution in [0.15, 0.2) is 0 Å². The van der Waals surface area contributed by atoms with Crippen molar-refractivity contribution in [2.75, 3.05) is 0 Å². The van der Waals surface area contributed by atoms with E-state index in [4.69, 9.17) is 22.3 Å². The summed E-state index contributed by atoms with van der Waals surface area (Å²) in [7, 11) is 0. The van der Waals surface area contributed by atoms with Crippen LogP contribution in [0.1, 0.15) is 25.7 Å². The summed E-state index contributed by atoms with van der Waals surface area (Å²) in [5, 5.41) is 8.83. The van der Waals surface area contributed by atoms with E-state index in [0.717, 1.165) is 0 Å². The van der Waals surface area contributed by atoms with Crippen molar-refractivity contribution in [1.82, 2.24) is 0 Å². The molecule has 0 aliphatic carbocycles. The van der Waals surface area contributed by atoms with E-state index in [0.29, 0.717) is 0 Å². The smallest absolute Gasteiger partial charge is 0.323 e. The molecule has 86 valence electrons. The normalized spacial score (nSPS) is 11.0. The Morgan fingerprint density at radius 2 is 1.33 bits per heavy atom. The van der Waals surface area contributed by atoms with E-state index in [1.165, 1.54) is 0 Å². The molecule has 0 aromatic heterocycles. The monoisotopic (exact) mass is 217 g/mol. The third-order valence-electron chi connectivity index (χ3n) is 2.06. The predicted molar refractivity (Wildman–Crippen MR) is 51.4 cm³/mol. The molecule has 7 heteroatoms. The fraction of sp³-hybridized carbons (Fsp3) is 0.625. The number of rotatable bonds is 7. The van der Waals surface area contributed by atoms with E-state index in [9.17, 15) is 14.4 Å². The molecule has 0 aromatic carbocycles. The number of carboxylic acids is 1. The summed E-state index contributed by atoms with van der Waals surface area (Å²) in [5.41, 5.74) is 13.7. The lowest BCUT2D eigenvalue weighted by atomic mass is 9.89. The molecule has 7 nitrogen and oxygen atoms in total.